The fourth-order valence-corrected chi connectivity index (χ4v) is 5.31. The zero-order chi connectivity index (χ0) is 20.4. The normalized spacial score (nSPS) is 30.1. The molecule has 3 heterocycles. The van der Waals surface area contributed by atoms with Gasteiger partial charge < -0.3 is 20.3 Å². The van der Waals surface area contributed by atoms with E-state index in [2.05, 4.69) is 17.6 Å². The van der Waals surface area contributed by atoms with E-state index in [1.54, 1.807) is 7.11 Å². The highest BCUT2D eigenvalue weighted by molar-refractivity contribution is 5.90. The molecule has 4 atom stereocenters. The quantitative estimate of drug-likeness (QED) is 0.689. The smallest absolute Gasteiger partial charge is 0.226 e. The maximum atomic E-state index is 13.3. The first-order chi connectivity index (χ1) is 14.1. The standard InChI is InChI=1S/C23H33N3O3.ClH/c1-3-4-11-26-21(27)14-20(22(26)15-5-9-19(29-2)10-6-15)23(28)25-18-12-16-7-8-17(13-18)24-16;/h5-6,9-10,16-18,20,22,24H,3-4,7-8,11-14H2,1-2H3,(H,25,28);1H. The number of likely N-dealkylation sites (tertiary alicyclic amines) is 1. The van der Waals surface area contributed by atoms with Crippen molar-refractivity contribution in [1.82, 2.24) is 15.5 Å². The molecule has 30 heavy (non-hydrogen) atoms. The largest absolute Gasteiger partial charge is 0.497 e. The fraction of sp³-hybridized carbons (Fsp3) is 0.652. The number of hydrogen-bond donors (Lipinski definition) is 2. The molecule has 0 saturated carbocycles. The third-order valence-electron chi connectivity index (χ3n) is 6.80. The summed E-state index contributed by atoms with van der Waals surface area (Å²) in [5.74, 6) is 0.568. The lowest BCUT2D eigenvalue weighted by Gasteiger charge is -2.32. The van der Waals surface area contributed by atoms with E-state index in [4.69, 9.17) is 4.74 Å². The number of carbonyl (C=O) groups is 2. The van der Waals surface area contributed by atoms with Gasteiger partial charge in [-0.25, -0.2) is 0 Å². The van der Waals surface area contributed by atoms with Gasteiger partial charge in [0.15, 0.2) is 0 Å². The van der Waals surface area contributed by atoms with Crippen LogP contribution in [0.3, 0.4) is 0 Å². The number of nitrogens with zero attached hydrogens (tertiary/aromatic N) is 1. The molecule has 0 spiro atoms. The van der Waals surface area contributed by atoms with Crippen molar-refractivity contribution in [2.75, 3.05) is 13.7 Å². The minimum atomic E-state index is -0.333. The number of nitrogens with one attached hydrogen (secondary N) is 2. The first-order valence-electron chi connectivity index (χ1n) is 11.1. The summed E-state index contributed by atoms with van der Waals surface area (Å²) in [6.07, 6.45) is 6.67. The van der Waals surface area contributed by atoms with Crippen LogP contribution in [0.5, 0.6) is 5.75 Å². The number of ether oxygens (including phenoxy) is 1. The molecule has 0 radical (unpaired) electrons. The van der Waals surface area contributed by atoms with E-state index in [1.807, 2.05) is 29.2 Å². The predicted molar refractivity (Wildman–Crippen MR) is 119 cm³/mol. The van der Waals surface area contributed by atoms with Gasteiger partial charge in [0.25, 0.3) is 0 Å². The molecule has 6 nitrogen and oxygen atoms in total. The molecule has 0 aromatic heterocycles. The Morgan fingerprint density at radius 3 is 2.47 bits per heavy atom. The average molecular weight is 436 g/mol. The second-order valence-electron chi connectivity index (χ2n) is 8.78. The molecule has 4 rings (SSSR count). The van der Waals surface area contributed by atoms with Crippen molar-refractivity contribution in [2.45, 2.75) is 76.0 Å². The number of benzene rings is 1. The third-order valence-corrected chi connectivity index (χ3v) is 6.80. The van der Waals surface area contributed by atoms with Crippen LogP contribution in [0.25, 0.3) is 0 Å². The van der Waals surface area contributed by atoms with Crippen LogP contribution in [0.15, 0.2) is 24.3 Å². The molecule has 2 bridgehead atoms. The maximum absolute atomic E-state index is 13.3. The van der Waals surface area contributed by atoms with E-state index in [9.17, 15) is 9.59 Å². The van der Waals surface area contributed by atoms with Gasteiger partial charge in [-0.15, -0.1) is 12.4 Å². The predicted octanol–water partition coefficient (Wildman–Crippen LogP) is 3.21. The fourth-order valence-electron chi connectivity index (χ4n) is 5.31. The van der Waals surface area contributed by atoms with E-state index in [-0.39, 0.29) is 42.2 Å². The second-order valence-corrected chi connectivity index (χ2v) is 8.78. The Morgan fingerprint density at radius 1 is 1.20 bits per heavy atom. The number of unbranched alkanes of at least 4 members (excludes halogenated alkanes) is 1. The monoisotopic (exact) mass is 435 g/mol. The summed E-state index contributed by atoms with van der Waals surface area (Å²) < 4.78 is 5.28. The first-order valence-corrected chi connectivity index (χ1v) is 11.1. The number of piperidine rings is 1. The van der Waals surface area contributed by atoms with Crippen molar-refractivity contribution in [3.8, 4) is 5.75 Å². The summed E-state index contributed by atoms with van der Waals surface area (Å²) in [4.78, 5) is 28.0. The minimum absolute atomic E-state index is 0. The zero-order valence-corrected chi connectivity index (χ0v) is 18.7. The number of amides is 2. The number of carbonyl (C=O) groups excluding carboxylic acids is 2. The van der Waals surface area contributed by atoms with Gasteiger partial charge in [-0.1, -0.05) is 25.5 Å². The van der Waals surface area contributed by atoms with Crippen molar-refractivity contribution in [3.63, 3.8) is 0 Å². The molecule has 1 aromatic carbocycles. The van der Waals surface area contributed by atoms with Gasteiger partial charge in [0.1, 0.15) is 5.75 Å². The highest BCUT2D eigenvalue weighted by atomic mass is 35.5. The van der Waals surface area contributed by atoms with Gasteiger partial charge in [0.2, 0.25) is 11.8 Å². The molecule has 0 aliphatic carbocycles. The summed E-state index contributed by atoms with van der Waals surface area (Å²) in [5.41, 5.74) is 1.01. The summed E-state index contributed by atoms with van der Waals surface area (Å²) in [6.45, 7) is 2.83. The Balaban J connectivity index is 0.00000256. The second kappa shape index (κ2) is 10.0. The lowest BCUT2D eigenvalue weighted by Crippen LogP contribution is -2.49. The Labute approximate surface area is 185 Å². The molecule has 3 saturated heterocycles. The van der Waals surface area contributed by atoms with E-state index >= 15 is 0 Å². The lowest BCUT2D eigenvalue weighted by molar-refractivity contribution is -0.129. The summed E-state index contributed by atoms with van der Waals surface area (Å²) in [7, 11) is 1.64. The number of methoxy groups -OCH3 is 1. The topological polar surface area (TPSA) is 70.7 Å². The van der Waals surface area contributed by atoms with Crippen LogP contribution in [-0.2, 0) is 9.59 Å². The Hall–Kier alpha value is -1.79. The molecular formula is C23H34ClN3O3. The molecule has 2 amide bonds. The van der Waals surface area contributed by atoms with Crippen molar-refractivity contribution in [1.29, 1.82) is 0 Å². The van der Waals surface area contributed by atoms with Crippen LogP contribution in [0.1, 0.15) is 63.5 Å². The Morgan fingerprint density at radius 2 is 1.87 bits per heavy atom. The SMILES string of the molecule is CCCCN1C(=O)CC(C(=O)NC2CC3CCC(C2)N3)C1c1ccc(OC)cc1.Cl. The zero-order valence-electron chi connectivity index (χ0n) is 17.9. The molecule has 166 valence electrons. The van der Waals surface area contributed by atoms with Gasteiger partial charge in [0, 0.05) is 31.1 Å². The van der Waals surface area contributed by atoms with Crippen molar-refractivity contribution in [2.24, 2.45) is 5.92 Å². The Bertz CT molecular complexity index is 730. The molecule has 3 aliphatic heterocycles. The highest BCUT2D eigenvalue weighted by Gasteiger charge is 2.45. The third kappa shape index (κ3) is 4.75. The van der Waals surface area contributed by atoms with Gasteiger partial charge in [-0.2, -0.15) is 0 Å². The molecule has 4 unspecified atom stereocenters. The van der Waals surface area contributed by atoms with Crippen LogP contribution in [0, 0.1) is 5.92 Å². The van der Waals surface area contributed by atoms with E-state index in [0.29, 0.717) is 25.0 Å². The van der Waals surface area contributed by atoms with Gasteiger partial charge in [0.05, 0.1) is 19.1 Å². The molecule has 3 fully saturated rings. The lowest BCUT2D eigenvalue weighted by atomic mass is 9.91. The molecular weight excluding hydrogens is 402 g/mol. The summed E-state index contributed by atoms with van der Waals surface area (Å²) >= 11 is 0. The van der Waals surface area contributed by atoms with Crippen molar-refractivity contribution >= 4 is 24.2 Å². The summed E-state index contributed by atoms with van der Waals surface area (Å²) in [5, 5.41) is 6.92. The number of fused-ring (bicyclic) bond motifs is 2. The van der Waals surface area contributed by atoms with Crippen molar-refractivity contribution < 1.29 is 14.3 Å². The molecule has 3 aliphatic rings. The highest BCUT2D eigenvalue weighted by Crippen LogP contribution is 2.39. The van der Waals surface area contributed by atoms with Crippen LogP contribution >= 0.6 is 12.4 Å². The molecule has 7 heteroatoms. The number of rotatable bonds is 7. The molecule has 2 N–H and O–H groups in total. The van der Waals surface area contributed by atoms with E-state index in [1.165, 1.54) is 12.8 Å². The van der Waals surface area contributed by atoms with Gasteiger partial charge in [-0.05, 0) is 49.8 Å². The van der Waals surface area contributed by atoms with Gasteiger partial charge in [-0.3, -0.25) is 9.59 Å². The number of halogens is 1. The van der Waals surface area contributed by atoms with Crippen LogP contribution in [-0.4, -0.2) is 48.5 Å². The van der Waals surface area contributed by atoms with E-state index < -0.39 is 0 Å². The van der Waals surface area contributed by atoms with Crippen LogP contribution in [0.2, 0.25) is 0 Å². The maximum Gasteiger partial charge on any atom is 0.226 e. The Kier molecular flexibility index (Phi) is 7.64. The van der Waals surface area contributed by atoms with Gasteiger partial charge >= 0.3 is 0 Å². The summed E-state index contributed by atoms with van der Waals surface area (Å²) in [6, 6.07) is 8.89. The van der Waals surface area contributed by atoms with Crippen LogP contribution < -0.4 is 15.4 Å². The van der Waals surface area contributed by atoms with Crippen LogP contribution in [0.4, 0.5) is 0 Å². The average Bonchev–Trinajstić information content (AvgIpc) is 3.25. The first kappa shape index (κ1) is 22.9. The minimum Gasteiger partial charge on any atom is -0.497 e. The molecule has 1 aromatic rings. The van der Waals surface area contributed by atoms with Crippen molar-refractivity contribution in [3.05, 3.63) is 29.8 Å². The number of hydrogen-bond acceptors (Lipinski definition) is 4. The van der Waals surface area contributed by atoms with E-state index in [0.717, 1.165) is 37.0 Å².